The van der Waals surface area contributed by atoms with Gasteiger partial charge in [0.1, 0.15) is 0 Å². The number of fused-ring (bicyclic) bond motifs is 9. The van der Waals surface area contributed by atoms with Crippen molar-refractivity contribution in [2.75, 3.05) is 0 Å². The topological polar surface area (TPSA) is 0 Å². The molecule has 0 bridgehead atoms. The number of hydrogen-bond donors (Lipinski definition) is 0. The summed E-state index contributed by atoms with van der Waals surface area (Å²) in [6.45, 7) is 4.79. The fourth-order valence-electron chi connectivity index (χ4n) is 7.75. The normalized spacial score (nSPS) is 14.6. The van der Waals surface area contributed by atoms with Crippen LogP contribution in [0.15, 0.2) is 121 Å². The Labute approximate surface area is 242 Å². The van der Waals surface area contributed by atoms with E-state index >= 15 is 0 Å². The predicted molar refractivity (Wildman–Crippen MR) is 171 cm³/mol. The van der Waals surface area contributed by atoms with Crippen LogP contribution in [0.3, 0.4) is 0 Å². The van der Waals surface area contributed by atoms with Crippen LogP contribution < -0.4 is 0 Å². The summed E-state index contributed by atoms with van der Waals surface area (Å²) < 4.78 is 0. The number of rotatable bonds is 2. The zero-order chi connectivity index (χ0) is 27.3. The van der Waals surface area contributed by atoms with Gasteiger partial charge in [-0.1, -0.05) is 123 Å². The van der Waals surface area contributed by atoms with E-state index < -0.39 is 0 Å². The quantitative estimate of drug-likeness (QED) is 0.212. The first-order chi connectivity index (χ1) is 20.0. The number of benzene rings is 6. The highest BCUT2D eigenvalue weighted by molar-refractivity contribution is 5.87. The van der Waals surface area contributed by atoms with Gasteiger partial charge in [-0.3, -0.25) is 0 Å². The lowest BCUT2D eigenvalue weighted by atomic mass is 9.80. The van der Waals surface area contributed by atoms with Gasteiger partial charge in [-0.25, -0.2) is 0 Å². The third-order valence-corrected chi connectivity index (χ3v) is 9.93. The molecule has 0 saturated heterocycles. The average molecular weight is 523 g/mol. The van der Waals surface area contributed by atoms with E-state index in [1.54, 1.807) is 0 Å². The Balaban J connectivity index is 1.08. The summed E-state index contributed by atoms with van der Waals surface area (Å²) in [5, 5.41) is 0. The van der Waals surface area contributed by atoms with Gasteiger partial charge in [0.05, 0.1) is 0 Å². The molecule has 0 aromatic heterocycles. The standard InChI is InChI=1S/C41H30/c1-41(2)39-23-27(25-11-15-35-31(19-25)21-29-7-3-5-9-33(29)35)13-17-37(39)38-18-14-28(24-40(38)41)26-12-16-36-32(20-26)22-30-8-4-6-10-34(30)36/h3-20,23-24H,21-22H2,1-2H3. The van der Waals surface area contributed by atoms with Crippen molar-refractivity contribution in [3.63, 3.8) is 0 Å². The van der Waals surface area contributed by atoms with Gasteiger partial charge in [0.25, 0.3) is 0 Å². The molecule has 0 radical (unpaired) electrons. The molecule has 0 spiro atoms. The van der Waals surface area contributed by atoms with Crippen LogP contribution in [-0.4, -0.2) is 0 Å². The van der Waals surface area contributed by atoms with Crippen molar-refractivity contribution in [3.8, 4) is 55.6 Å². The van der Waals surface area contributed by atoms with E-state index in [0.717, 1.165) is 12.8 Å². The van der Waals surface area contributed by atoms with Crippen molar-refractivity contribution in [1.82, 2.24) is 0 Å². The Morgan fingerprint density at radius 1 is 0.366 bits per heavy atom. The van der Waals surface area contributed by atoms with Crippen LogP contribution in [0, 0.1) is 0 Å². The van der Waals surface area contributed by atoms with Crippen LogP contribution in [0.1, 0.15) is 47.2 Å². The molecule has 6 aromatic rings. The molecule has 0 heteroatoms. The van der Waals surface area contributed by atoms with Crippen LogP contribution in [0.2, 0.25) is 0 Å². The van der Waals surface area contributed by atoms with Gasteiger partial charge in [-0.05, 0) is 114 Å². The fourth-order valence-corrected chi connectivity index (χ4v) is 7.75. The molecule has 0 unspecified atom stereocenters. The van der Waals surface area contributed by atoms with Crippen LogP contribution in [-0.2, 0) is 18.3 Å². The highest BCUT2D eigenvalue weighted by Crippen LogP contribution is 2.51. The molecule has 3 aliphatic carbocycles. The second kappa shape index (κ2) is 8.18. The summed E-state index contributed by atoms with van der Waals surface area (Å²) in [5.74, 6) is 0. The SMILES string of the molecule is CC1(C)c2cc(-c3ccc4c(c3)Cc3ccccc3-4)ccc2-c2ccc(-c3ccc4c(c3)Cc3ccccc3-4)cc21. The fraction of sp³-hybridized carbons (Fsp3) is 0.122. The molecule has 6 aromatic carbocycles. The first kappa shape index (κ1) is 23.1. The Kier molecular flexibility index (Phi) is 4.60. The van der Waals surface area contributed by atoms with Gasteiger partial charge in [-0.15, -0.1) is 0 Å². The molecular weight excluding hydrogens is 492 g/mol. The molecule has 194 valence electrons. The summed E-state index contributed by atoms with van der Waals surface area (Å²) in [5.41, 5.74) is 22.1. The van der Waals surface area contributed by atoms with E-state index in [-0.39, 0.29) is 5.41 Å². The maximum atomic E-state index is 2.45. The van der Waals surface area contributed by atoms with Crippen LogP contribution in [0.5, 0.6) is 0 Å². The van der Waals surface area contributed by atoms with Gasteiger partial charge in [0.15, 0.2) is 0 Å². The maximum absolute atomic E-state index is 2.45. The summed E-state index contributed by atoms with van der Waals surface area (Å²) in [4.78, 5) is 0. The highest BCUT2D eigenvalue weighted by Gasteiger charge is 2.36. The van der Waals surface area contributed by atoms with Gasteiger partial charge >= 0.3 is 0 Å². The van der Waals surface area contributed by atoms with E-state index in [0.29, 0.717) is 0 Å². The van der Waals surface area contributed by atoms with Crippen molar-refractivity contribution in [2.45, 2.75) is 32.1 Å². The van der Waals surface area contributed by atoms with Crippen LogP contribution >= 0.6 is 0 Å². The monoisotopic (exact) mass is 522 g/mol. The van der Waals surface area contributed by atoms with Gasteiger partial charge in [0, 0.05) is 5.41 Å². The molecule has 0 saturated carbocycles. The minimum atomic E-state index is -0.0589. The molecule has 0 aliphatic heterocycles. The van der Waals surface area contributed by atoms with Crippen LogP contribution in [0.25, 0.3) is 55.6 Å². The van der Waals surface area contributed by atoms with E-state index in [1.807, 2.05) is 0 Å². The molecular formula is C41H30. The Hall–Kier alpha value is -4.68. The van der Waals surface area contributed by atoms with Crippen molar-refractivity contribution in [3.05, 3.63) is 155 Å². The molecule has 0 heterocycles. The minimum Gasteiger partial charge on any atom is -0.0619 e. The van der Waals surface area contributed by atoms with E-state index in [2.05, 4.69) is 135 Å². The van der Waals surface area contributed by atoms with Gasteiger partial charge in [0.2, 0.25) is 0 Å². The van der Waals surface area contributed by atoms with Crippen LogP contribution in [0.4, 0.5) is 0 Å². The summed E-state index contributed by atoms with van der Waals surface area (Å²) in [6, 6.07) is 46.0. The third kappa shape index (κ3) is 3.28. The molecule has 0 N–H and O–H groups in total. The van der Waals surface area contributed by atoms with E-state index in [4.69, 9.17) is 0 Å². The van der Waals surface area contributed by atoms with Crippen molar-refractivity contribution in [2.24, 2.45) is 0 Å². The van der Waals surface area contributed by atoms with Crippen molar-refractivity contribution >= 4 is 0 Å². The molecule has 0 fully saturated rings. The van der Waals surface area contributed by atoms with E-state index in [9.17, 15) is 0 Å². The smallest absolute Gasteiger partial charge is 0.0159 e. The zero-order valence-electron chi connectivity index (χ0n) is 23.5. The Morgan fingerprint density at radius 2 is 0.732 bits per heavy atom. The predicted octanol–water partition coefficient (Wildman–Crippen LogP) is 10.5. The van der Waals surface area contributed by atoms with Crippen molar-refractivity contribution in [1.29, 1.82) is 0 Å². The zero-order valence-corrected chi connectivity index (χ0v) is 23.5. The lowest BCUT2D eigenvalue weighted by molar-refractivity contribution is 0.661. The van der Waals surface area contributed by atoms with Gasteiger partial charge in [-0.2, -0.15) is 0 Å². The molecule has 3 aliphatic rings. The molecule has 0 nitrogen and oxygen atoms in total. The lowest BCUT2D eigenvalue weighted by Gasteiger charge is -2.23. The lowest BCUT2D eigenvalue weighted by Crippen LogP contribution is -2.15. The largest absolute Gasteiger partial charge is 0.0619 e. The Bertz CT molecular complexity index is 1920. The first-order valence-electron chi connectivity index (χ1n) is 14.8. The molecule has 0 amide bonds. The second-order valence-electron chi connectivity index (χ2n) is 12.6. The number of hydrogen-bond acceptors (Lipinski definition) is 0. The summed E-state index contributed by atoms with van der Waals surface area (Å²) in [6.07, 6.45) is 2.05. The average Bonchev–Trinajstić information content (AvgIpc) is 3.64. The summed E-state index contributed by atoms with van der Waals surface area (Å²) in [7, 11) is 0. The molecule has 9 rings (SSSR count). The third-order valence-electron chi connectivity index (χ3n) is 9.93. The first-order valence-corrected chi connectivity index (χ1v) is 14.8. The van der Waals surface area contributed by atoms with Crippen molar-refractivity contribution < 1.29 is 0 Å². The molecule has 41 heavy (non-hydrogen) atoms. The Morgan fingerprint density at radius 3 is 1.20 bits per heavy atom. The minimum absolute atomic E-state index is 0.0589. The maximum Gasteiger partial charge on any atom is 0.0159 e. The summed E-state index contributed by atoms with van der Waals surface area (Å²) >= 11 is 0. The second-order valence-corrected chi connectivity index (χ2v) is 12.6. The van der Waals surface area contributed by atoms with E-state index in [1.165, 1.54) is 89.0 Å². The molecule has 0 atom stereocenters. The highest BCUT2D eigenvalue weighted by atomic mass is 14.4. The van der Waals surface area contributed by atoms with Gasteiger partial charge < -0.3 is 0 Å².